The first kappa shape index (κ1) is 22.4. The van der Waals surface area contributed by atoms with Crippen LogP contribution in [0.3, 0.4) is 0 Å². The van der Waals surface area contributed by atoms with E-state index in [9.17, 15) is 18.0 Å². The molecule has 2 heterocycles. The molecule has 1 aliphatic heterocycles. The molecule has 2 aromatic rings. The molecule has 1 unspecified atom stereocenters. The van der Waals surface area contributed by atoms with Crippen molar-refractivity contribution in [2.75, 3.05) is 24.3 Å². The summed E-state index contributed by atoms with van der Waals surface area (Å²) >= 11 is 5.85. The van der Waals surface area contributed by atoms with E-state index in [1.165, 1.54) is 12.3 Å². The van der Waals surface area contributed by atoms with Gasteiger partial charge in [-0.1, -0.05) is 16.8 Å². The number of alkyl halides is 3. The van der Waals surface area contributed by atoms with Crippen molar-refractivity contribution < 1.29 is 27.5 Å². The molecule has 1 aliphatic rings. The van der Waals surface area contributed by atoms with Crippen LogP contribution in [0.4, 0.5) is 24.7 Å². The molecule has 11 heteroatoms. The summed E-state index contributed by atoms with van der Waals surface area (Å²) in [5, 5.41) is 9.37. The van der Waals surface area contributed by atoms with Gasteiger partial charge in [0.15, 0.2) is 6.10 Å². The quantitative estimate of drug-likeness (QED) is 0.571. The van der Waals surface area contributed by atoms with Gasteiger partial charge in [0.2, 0.25) is 5.78 Å². The van der Waals surface area contributed by atoms with Crippen molar-refractivity contribution in [1.29, 1.82) is 0 Å². The molecule has 7 nitrogen and oxygen atoms in total. The molecule has 31 heavy (non-hydrogen) atoms. The number of anilines is 2. The van der Waals surface area contributed by atoms with E-state index in [1.54, 1.807) is 31.4 Å². The Balaban J connectivity index is 1.46. The minimum absolute atomic E-state index is 0.0848. The minimum atomic E-state index is -4.53. The van der Waals surface area contributed by atoms with Gasteiger partial charge >= 0.3 is 6.18 Å². The Labute approximate surface area is 180 Å². The second-order valence-corrected chi connectivity index (χ2v) is 6.88. The van der Waals surface area contributed by atoms with E-state index in [0.717, 1.165) is 17.5 Å². The molecule has 0 fully saturated rings. The molecular formula is C20H18ClF3N4O3. The van der Waals surface area contributed by atoms with Crippen LogP contribution in [-0.4, -0.2) is 36.2 Å². The van der Waals surface area contributed by atoms with Gasteiger partial charge in [-0.15, -0.1) is 0 Å². The molecule has 0 radical (unpaired) electrons. The fraction of sp³-hybridized carbons (Fsp3) is 0.250. The number of oxime groups is 1. The van der Waals surface area contributed by atoms with E-state index in [-0.39, 0.29) is 35.3 Å². The van der Waals surface area contributed by atoms with Crippen molar-refractivity contribution in [1.82, 2.24) is 4.98 Å². The molecular weight excluding hydrogens is 437 g/mol. The molecule has 2 N–H and O–H groups in total. The lowest BCUT2D eigenvalue weighted by Crippen LogP contribution is -2.22. The first-order chi connectivity index (χ1) is 14.8. The van der Waals surface area contributed by atoms with Crippen LogP contribution in [0.25, 0.3) is 0 Å². The molecule has 3 rings (SSSR count). The average Bonchev–Trinajstić information content (AvgIpc) is 3.22. The number of benzene rings is 1. The summed E-state index contributed by atoms with van der Waals surface area (Å²) in [5.74, 6) is 0.478. The van der Waals surface area contributed by atoms with Gasteiger partial charge in [-0.3, -0.25) is 4.79 Å². The molecule has 0 amide bonds. The third kappa shape index (κ3) is 6.11. The standard InChI is InChI=1S/C20H18ClF3N4O3/c1-30-14-4-2-13(3-5-14)25-7-6-18(29)17-9-15(31-28-17)11-27-19-16(21)8-12(10-26-19)20(22,23)24/h2-8,10,15,25H,9,11H2,1H3,(H,26,27)/b7-6+. The number of carbonyl (C=O) groups is 1. The van der Waals surface area contributed by atoms with Gasteiger partial charge < -0.3 is 20.2 Å². The fourth-order valence-corrected chi connectivity index (χ4v) is 2.85. The first-order valence-electron chi connectivity index (χ1n) is 9.07. The van der Waals surface area contributed by atoms with E-state index in [4.69, 9.17) is 21.2 Å². The highest BCUT2D eigenvalue weighted by atomic mass is 35.5. The number of hydrogen-bond acceptors (Lipinski definition) is 7. The number of carbonyl (C=O) groups excluding carboxylic acids is 1. The zero-order chi connectivity index (χ0) is 22.4. The van der Waals surface area contributed by atoms with Gasteiger partial charge in [-0.05, 0) is 30.3 Å². The van der Waals surface area contributed by atoms with Crippen molar-refractivity contribution in [2.24, 2.45) is 5.16 Å². The third-order valence-corrected chi connectivity index (χ3v) is 4.55. The number of halogens is 4. The molecule has 0 saturated heterocycles. The Hall–Kier alpha value is -3.27. The molecule has 164 valence electrons. The van der Waals surface area contributed by atoms with E-state index in [1.807, 2.05) is 0 Å². The highest BCUT2D eigenvalue weighted by Gasteiger charge is 2.32. The van der Waals surface area contributed by atoms with E-state index >= 15 is 0 Å². The SMILES string of the molecule is COc1ccc(N/C=C/C(=O)C2=NOC(CNc3ncc(C(F)(F)F)cc3Cl)C2)cc1. The third-order valence-electron chi connectivity index (χ3n) is 4.26. The van der Waals surface area contributed by atoms with Crippen LogP contribution >= 0.6 is 11.6 Å². The number of ketones is 1. The Kier molecular flexibility index (Phi) is 7.01. The number of nitrogens with one attached hydrogen (secondary N) is 2. The number of pyridine rings is 1. The van der Waals surface area contributed by atoms with Crippen molar-refractivity contribution in [3.63, 3.8) is 0 Å². The van der Waals surface area contributed by atoms with Crippen LogP contribution in [0.1, 0.15) is 12.0 Å². The number of rotatable bonds is 8. The zero-order valence-electron chi connectivity index (χ0n) is 16.2. The Morgan fingerprint density at radius 1 is 1.35 bits per heavy atom. The summed E-state index contributed by atoms with van der Waals surface area (Å²) in [6, 6.07) is 7.95. The van der Waals surface area contributed by atoms with Gasteiger partial charge in [0.1, 0.15) is 17.3 Å². The van der Waals surface area contributed by atoms with Crippen LogP contribution in [-0.2, 0) is 15.8 Å². The summed E-state index contributed by atoms with van der Waals surface area (Å²) in [7, 11) is 1.57. The Bertz CT molecular complexity index is 994. The number of methoxy groups -OCH3 is 1. The lowest BCUT2D eigenvalue weighted by atomic mass is 10.1. The van der Waals surface area contributed by atoms with Crippen molar-refractivity contribution in [3.05, 3.63) is 59.4 Å². The molecule has 1 aromatic heterocycles. The largest absolute Gasteiger partial charge is 0.497 e. The monoisotopic (exact) mass is 454 g/mol. The molecule has 0 saturated carbocycles. The van der Waals surface area contributed by atoms with E-state index in [2.05, 4.69) is 20.8 Å². The summed E-state index contributed by atoms with van der Waals surface area (Å²) < 4.78 is 43.1. The van der Waals surface area contributed by atoms with Crippen LogP contribution < -0.4 is 15.4 Å². The predicted molar refractivity (Wildman–Crippen MR) is 110 cm³/mol. The van der Waals surface area contributed by atoms with Crippen molar-refractivity contribution in [2.45, 2.75) is 18.7 Å². The average molecular weight is 455 g/mol. The summed E-state index contributed by atoms with van der Waals surface area (Å²) in [6.07, 6.45) is -1.27. The molecule has 0 spiro atoms. The maximum Gasteiger partial charge on any atom is 0.417 e. The normalized spacial score (nSPS) is 16.0. The zero-order valence-corrected chi connectivity index (χ0v) is 17.0. The summed E-state index contributed by atoms with van der Waals surface area (Å²) in [4.78, 5) is 21.1. The molecule has 1 aromatic carbocycles. The fourth-order valence-electron chi connectivity index (χ4n) is 2.61. The highest BCUT2D eigenvalue weighted by molar-refractivity contribution is 6.44. The number of hydrogen-bond donors (Lipinski definition) is 2. The molecule has 0 bridgehead atoms. The first-order valence-corrected chi connectivity index (χ1v) is 9.45. The van der Waals surface area contributed by atoms with Crippen LogP contribution in [0.2, 0.25) is 5.02 Å². The van der Waals surface area contributed by atoms with Crippen molar-refractivity contribution in [3.8, 4) is 5.75 Å². The lowest BCUT2D eigenvalue weighted by Gasteiger charge is -2.13. The van der Waals surface area contributed by atoms with E-state index in [0.29, 0.717) is 6.20 Å². The van der Waals surface area contributed by atoms with Gasteiger partial charge in [0.05, 0.1) is 24.2 Å². The molecule has 1 atom stereocenters. The lowest BCUT2D eigenvalue weighted by molar-refractivity contribution is -0.137. The van der Waals surface area contributed by atoms with Crippen molar-refractivity contribution >= 4 is 34.6 Å². The topological polar surface area (TPSA) is 84.8 Å². The predicted octanol–water partition coefficient (Wildman–Crippen LogP) is 4.51. The summed E-state index contributed by atoms with van der Waals surface area (Å²) in [5.41, 5.74) is 0.0648. The Morgan fingerprint density at radius 3 is 2.74 bits per heavy atom. The van der Waals surface area contributed by atoms with Gasteiger partial charge in [-0.25, -0.2) is 4.98 Å². The summed E-state index contributed by atoms with van der Waals surface area (Å²) in [6.45, 7) is 0.159. The Morgan fingerprint density at radius 2 is 2.10 bits per heavy atom. The second-order valence-electron chi connectivity index (χ2n) is 6.47. The maximum atomic E-state index is 12.7. The maximum absolute atomic E-state index is 12.7. The smallest absolute Gasteiger partial charge is 0.417 e. The van der Waals surface area contributed by atoms with Gasteiger partial charge in [-0.2, -0.15) is 13.2 Å². The minimum Gasteiger partial charge on any atom is -0.497 e. The van der Waals surface area contributed by atoms with Crippen LogP contribution in [0, 0.1) is 0 Å². The number of aromatic nitrogens is 1. The second kappa shape index (κ2) is 9.69. The highest BCUT2D eigenvalue weighted by Crippen LogP contribution is 2.32. The number of allylic oxidation sites excluding steroid dienone is 1. The number of ether oxygens (including phenoxy) is 1. The number of nitrogens with zero attached hydrogens (tertiary/aromatic N) is 2. The van der Waals surface area contributed by atoms with Gasteiger partial charge in [0.25, 0.3) is 0 Å². The van der Waals surface area contributed by atoms with E-state index < -0.39 is 17.8 Å². The van der Waals surface area contributed by atoms with Gasteiger partial charge in [0, 0.05) is 30.6 Å². The molecule has 0 aliphatic carbocycles. The van der Waals surface area contributed by atoms with Crippen LogP contribution in [0.5, 0.6) is 5.75 Å². The van der Waals surface area contributed by atoms with Crippen LogP contribution in [0.15, 0.2) is 54.0 Å².